The number of ketones is 1. The van der Waals surface area contributed by atoms with E-state index in [9.17, 15) is 24.0 Å². The van der Waals surface area contributed by atoms with Crippen LogP contribution in [-0.2, 0) is 11.2 Å². The average molecular weight is 602 g/mol. The highest BCUT2D eigenvalue weighted by Gasteiger charge is 2.34. The number of nitrogens with zero attached hydrogens (tertiary/aromatic N) is 2. The van der Waals surface area contributed by atoms with Gasteiger partial charge < -0.3 is 15.0 Å². The maximum Gasteiger partial charge on any atom is 0.308 e. The van der Waals surface area contributed by atoms with Crippen molar-refractivity contribution in [2.24, 2.45) is 0 Å². The Labute approximate surface area is 260 Å². The zero-order chi connectivity index (χ0) is 32.1. The number of carbonyl (C=O) groups is 5. The van der Waals surface area contributed by atoms with Gasteiger partial charge in [0.25, 0.3) is 17.7 Å². The molecule has 0 bridgehead atoms. The first-order chi connectivity index (χ1) is 21.6. The first-order valence-corrected chi connectivity index (χ1v) is 14.3. The predicted octanol–water partition coefficient (Wildman–Crippen LogP) is 5.67. The summed E-state index contributed by atoms with van der Waals surface area (Å²) in [4.78, 5) is 66.4. The molecule has 1 heterocycles. The highest BCUT2D eigenvalue weighted by Crippen LogP contribution is 2.26. The lowest BCUT2D eigenvalue weighted by atomic mass is 10.1. The molecule has 9 heteroatoms. The lowest BCUT2D eigenvalue weighted by molar-refractivity contribution is -0.131. The largest absolute Gasteiger partial charge is 0.426 e. The van der Waals surface area contributed by atoms with E-state index < -0.39 is 11.9 Å². The summed E-state index contributed by atoms with van der Waals surface area (Å²) in [6, 6.07) is 25.7. The van der Waals surface area contributed by atoms with Crippen LogP contribution in [0.5, 0.6) is 5.75 Å². The topological polar surface area (TPSA) is 113 Å². The van der Waals surface area contributed by atoms with Crippen molar-refractivity contribution in [3.05, 3.63) is 130 Å². The van der Waals surface area contributed by atoms with Crippen molar-refractivity contribution in [3.8, 4) is 5.75 Å². The van der Waals surface area contributed by atoms with Crippen LogP contribution >= 0.6 is 0 Å². The number of nitrogens with one attached hydrogen (secondary N) is 1. The van der Waals surface area contributed by atoms with E-state index in [0.717, 1.165) is 11.3 Å². The van der Waals surface area contributed by atoms with Crippen LogP contribution in [0.1, 0.15) is 59.5 Å². The molecule has 226 valence electrons. The molecular weight excluding hydrogens is 570 g/mol. The van der Waals surface area contributed by atoms with Crippen LogP contribution in [0.4, 0.5) is 11.4 Å². The van der Waals surface area contributed by atoms with Crippen molar-refractivity contribution in [3.63, 3.8) is 0 Å². The molecule has 0 fully saturated rings. The molecule has 0 aromatic heterocycles. The van der Waals surface area contributed by atoms with Gasteiger partial charge in [0.2, 0.25) is 0 Å². The van der Waals surface area contributed by atoms with Gasteiger partial charge in [-0.25, -0.2) is 0 Å². The summed E-state index contributed by atoms with van der Waals surface area (Å²) >= 11 is 0. The van der Waals surface area contributed by atoms with Crippen molar-refractivity contribution in [2.45, 2.75) is 13.3 Å². The van der Waals surface area contributed by atoms with Gasteiger partial charge in [-0.3, -0.25) is 28.9 Å². The molecule has 0 radical (unpaired) electrons. The van der Waals surface area contributed by atoms with Gasteiger partial charge in [0, 0.05) is 44.5 Å². The normalized spacial score (nSPS) is 12.3. The first kappa shape index (κ1) is 30.6. The highest BCUT2D eigenvalue weighted by molar-refractivity contribution is 6.21. The number of carbonyl (C=O) groups excluding carboxylic acids is 5. The van der Waals surface area contributed by atoms with Crippen LogP contribution in [-0.4, -0.2) is 55.0 Å². The molecule has 0 saturated heterocycles. The van der Waals surface area contributed by atoms with Gasteiger partial charge >= 0.3 is 5.97 Å². The number of fused-ring (bicyclic) bond motifs is 1. The number of amides is 3. The van der Waals surface area contributed by atoms with Crippen molar-refractivity contribution < 1.29 is 28.7 Å². The molecule has 9 nitrogen and oxygen atoms in total. The summed E-state index contributed by atoms with van der Waals surface area (Å²) in [5, 5.41) is 2.78. The van der Waals surface area contributed by atoms with E-state index in [1.54, 1.807) is 66.7 Å². The number of hydrogen-bond acceptors (Lipinski definition) is 7. The first-order valence-electron chi connectivity index (χ1n) is 14.3. The van der Waals surface area contributed by atoms with Crippen molar-refractivity contribution in [2.75, 3.05) is 30.9 Å². The Hall–Kier alpha value is -5.83. The lowest BCUT2D eigenvalue weighted by Crippen LogP contribution is -2.31. The fraction of sp³-hybridized carbons (Fsp3) is 0.139. The molecule has 3 amide bonds. The molecule has 1 aliphatic rings. The van der Waals surface area contributed by atoms with Gasteiger partial charge in [-0.1, -0.05) is 36.4 Å². The Balaban J connectivity index is 1.26. The van der Waals surface area contributed by atoms with Crippen LogP contribution in [0.15, 0.2) is 97.1 Å². The van der Waals surface area contributed by atoms with Gasteiger partial charge in [0.15, 0.2) is 5.78 Å². The molecule has 0 aliphatic carbocycles. The van der Waals surface area contributed by atoms with E-state index in [2.05, 4.69) is 5.32 Å². The third-order valence-electron chi connectivity index (χ3n) is 7.31. The van der Waals surface area contributed by atoms with Gasteiger partial charge in [-0.15, -0.1) is 0 Å². The fourth-order valence-corrected chi connectivity index (χ4v) is 4.91. The van der Waals surface area contributed by atoms with Gasteiger partial charge in [-0.2, -0.15) is 0 Å². The zero-order valence-electron chi connectivity index (χ0n) is 25.1. The Morgan fingerprint density at radius 1 is 0.844 bits per heavy atom. The minimum absolute atomic E-state index is 0.0695. The van der Waals surface area contributed by atoms with Crippen LogP contribution < -0.4 is 15.0 Å². The number of ether oxygens (including phenoxy) is 1. The molecule has 1 aliphatic heterocycles. The molecule has 0 saturated carbocycles. The Morgan fingerprint density at radius 3 is 2.09 bits per heavy atom. The maximum atomic E-state index is 13.3. The second kappa shape index (κ2) is 13.2. The number of anilines is 2. The maximum absolute atomic E-state index is 13.3. The molecule has 5 rings (SSSR count). The molecule has 0 atom stereocenters. The summed E-state index contributed by atoms with van der Waals surface area (Å²) in [5.74, 6) is -1.96. The van der Waals surface area contributed by atoms with Crippen molar-refractivity contribution >= 4 is 46.9 Å². The van der Waals surface area contributed by atoms with Crippen molar-refractivity contribution in [1.29, 1.82) is 0 Å². The van der Waals surface area contributed by atoms with Crippen LogP contribution in [0.2, 0.25) is 0 Å². The van der Waals surface area contributed by atoms with Crippen LogP contribution in [0, 0.1) is 0 Å². The number of benzene rings is 4. The number of allylic oxidation sites excluding steroid dienone is 1. The quantitative estimate of drug-likeness (QED) is 0.0820. The lowest BCUT2D eigenvalue weighted by Gasteiger charge is -2.15. The van der Waals surface area contributed by atoms with E-state index in [1.165, 1.54) is 24.0 Å². The molecule has 45 heavy (non-hydrogen) atoms. The van der Waals surface area contributed by atoms with E-state index in [-0.39, 0.29) is 41.9 Å². The number of imide groups is 1. The van der Waals surface area contributed by atoms with Gasteiger partial charge in [0.1, 0.15) is 5.75 Å². The van der Waals surface area contributed by atoms with Crippen molar-refractivity contribution in [1.82, 2.24) is 4.90 Å². The molecule has 0 unspecified atom stereocenters. The third-order valence-corrected chi connectivity index (χ3v) is 7.31. The Kier molecular flexibility index (Phi) is 8.99. The monoisotopic (exact) mass is 601 g/mol. The number of esters is 1. The Bertz CT molecular complexity index is 1790. The SMILES string of the molecule is CC(=O)Oc1ccc(CCN2C(=O)c3ccccc3C2=O)cc1C(=O)Nc1ccc(C(=O)/C=C/c2ccc(N(C)C)cc2)cc1. The highest BCUT2D eigenvalue weighted by atomic mass is 16.5. The van der Waals surface area contributed by atoms with E-state index >= 15 is 0 Å². The zero-order valence-corrected chi connectivity index (χ0v) is 25.1. The number of rotatable bonds is 10. The standard InChI is InChI=1S/C36H31N3O6/c1-23(40)45-33-19-11-25(20-21-39-35(43)29-6-4-5-7-30(29)36(39)44)22-31(33)34(42)37-27-14-12-26(13-15-27)32(41)18-10-24-8-16-28(17-9-24)38(2)3/h4-19,22H,20-21H2,1-3H3,(H,37,42)/b18-10+. The predicted molar refractivity (Wildman–Crippen MR) is 172 cm³/mol. The minimum atomic E-state index is -0.590. The summed E-state index contributed by atoms with van der Waals surface area (Å²) in [6.07, 6.45) is 3.53. The molecule has 0 spiro atoms. The fourth-order valence-electron chi connectivity index (χ4n) is 4.91. The summed E-state index contributed by atoms with van der Waals surface area (Å²) < 4.78 is 5.27. The third kappa shape index (κ3) is 7.05. The summed E-state index contributed by atoms with van der Waals surface area (Å²) in [6.45, 7) is 1.35. The average Bonchev–Trinajstić information content (AvgIpc) is 3.28. The van der Waals surface area contributed by atoms with Crippen LogP contribution in [0.3, 0.4) is 0 Å². The Morgan fingerprint density at radius 2 is 1.49 bits per heavy atom. The van der Waals surface area contributed by atoms with Gasteiger partial charge in [-0.05, 0) is 84.3 Å². The second-order valence-corrected chi connectivity index (χ2v) is 10.7. The summed E-state index contributed by atoms with van der Waals surface area (Å²) in [5.41, 5.74) is 4.34. The van der Waals surface area contributed by atoms with E-state index in [4.69, 9.17) is 4.74 Å². The van der Waals surface area contributed by atoms with Crippen LogP contribution in [0.25, 0.3) is 6.08 Å². The molecule has 4 aromatic rings. The molecule has 1 N–H and O–H groups in total. The molecular formula is C36H31N3O6. The van der Waals surface area contributed by atoms with E-state index in [1.807, 2.05) is 43.3 Å². The van der Waals surface area contributed by atoms with E-state index in [0.29, 0.717) is 27.9 Å². The van der Waals surface area contributed by atoms with Gasteiger partial charge in [0.05, 0.1) is 16.7 Å². The minimum Gasteiger partial charge on any atom is -0.426 e. The smallest absolute Gasteiger partial charge is 0.308 e. The summed E-state index contributed by atoms with van der Waals surface area (Å²) in [7, 11) is 3.92. The molecule has 4 aromatic carbocycles. The number of hydrogen-bond donors (Lipinski definition) is 1. The second-order valence-electron chi connectivity index (χ2n) is 10.7.